The second kappa shape index (κ2) is 20.2. The highest BCUT2D eigenvalue weighted by molar-refractivity contribution is 14.1. The SMILES string of the molecule is CCC(Br)CC.CCOc1cc(I)cc(O)c1Cl.CCOc1cc(I)cc(OC(CC)CC)c1Cl. The molecular weight excluding hydrogens is 781 g/mol. The minimum Gasteiger partial charge on any atom is -0.506 e. The first kappa shape index (κ1) is 35.2. The molecule has 0 heterocycles. The Morgan fingerprint density at radius 2 is 1.17 bits per heavy atom. The lowest BCUT2D eigenvalue weighted by Crippen LogP contribution is -2.14. The number of halogens is 5. The van der Waals surface area contributed by atoms with Crippen molar-refractivity contribution >= 4 is 84.3 Å². The Hall–Kier alpha value is 0.160. The van der Waals surface area contributed by atoms with Crippen LogP contribution >= 0.6 is 84.3 Å². The number of benzene rings is 2. The van der Waals surface area contributed by atoms with Crippen LogP contribution in [0.15, 0.2) is 24.3 Å². The zero-order valence-corrected chi connectivity index (χ0v) is 28.7. The molecule has 0 saturated carbocycles. The highest BCUT2D eigenvalue weighted by atomic mass is 127. The largest absolute Gasteiger partial charge is 0.506 e. The first-order chi connectivity index (χ1) is 16.6. The normalized spacial score (nSPS) is 10.3. The summed E-state index contributed by atoms with van der Waals surface area (Å²) < 4.78 is 18.6. The minimum atomic E-state index is 0.0621. The van der Waals surface area contributed by atoms with Gasteiger partial charge >= 0.3 is 0 Å². The highest BCUT2D eigenvalue weighted by Gasteiger charge is 2.14. The van der Waals surface area contributed by atoms with Gasteiger partial charge in [-0.15, -0.1) is 0 Å². The van der Waals surface area contributed by atoms with Gasteiger partial charge in [0, 0.05) is 12.0 Å². The monoisotopic (exact) mass is 816 g/mol. The van der Waals surface area contributed by atoms with Gasteiger partial charge in [-0.3, -0.25) is 0 Å². The number of phenols is 1. The topological polar surface area (TPSA) is 47.9 Å². The number of ether oxygens (including phenoxy) is 3. The van der Waals surface area contributed by atoms with Crippen molar-refractivity contribution in [3.05, 3.63) is 41.5 Å². The number of phenolic OH excluding ortho intramolecular Hbond substituents is 1. The summed E-state index contributed by atoms with van der Waals surface area (Å²) in [6.07, 6.45) is 4.65. The molecule has 0 radical (unpaired) electrons. The molecule has 2 aromatic rings. The van der Waals surface area contributed by atoms with Crippen LogP contribution in [-0.4, -0.2) is 29.3 Å². The molecule has 2 rings (SSSR count). The zero-order chi connectivity index (χ0) is 27.0. The molecule has 9 heteroatoms. The van der Waals surface area contributed by atoms with Crippen molar-refractivity contribution in [3.63, 3.8) is 0 Å². The predicted octanol–water partition coefficient (Wildman–Crippen LogP) is 10.5. The van der Waals surface area contributed by atoms with E-state index in [0.29, 0.717) is 29.7 Å². The molecular formula is C26H37BrCl2I2O4. The van der Waals surface area contributed by atoms with E-state index < -0.39 is 0 Å². The van der Waals surface area contributed by atoms with Crippen molar-refractivity contribution in [2.45, 2.75) is 78.2 Å². The van der Waals surface area contributed by atoms with Gasteiger partial charge in [0.15, 0.2) is 0 Å². The Labute approximate surface area is 257 Å². The molecule has 0 aliphatic heterocycles. The zero-order valence-electron chi connectivity index (χ0n) is 21.3. The number of rotatable bonds is 10. The van der Waals surface area contributed by atoms with Crippen molar-refractivity contribution in [2.75, 3.05) is 13.2 Å². The van der Waals surface area contributed by atoms with E-state index in [2.05, 4.69) is 88.8 Å². The molecule has 0 amide bonds. The van der Waals surface area contributed by atoms with Gasteiger partial charge in [0.1, 0.15) is 33.0 Å². The molecule has 0 aliphatic rings. The predicted molar refractivity (Wildman–Crippen MR) is 171 cm³/mol. The van der Waals surface area contributed by atoms with Crippen LogP contribution in [0.25, 0.3) is 0 Å². The number of alkyl halides is 1. The van der Waals surface area contributed by atoms with E-state index >= 15 is 0 Å². The average molecular weight is 818 g/mol. The molecule has 200 valence electrons. The van der Waals surface area contributed by atoms with Crippen molar-refractivity contribution in [1.82, 2.24) is 0 Å². The summed E-state index contributed by atoms with van der Waals surface area (Å²) >= 11 is 19.8. The third kappa shape index (κ3) is 14.0. The second-order valence-electron chi connectivity index (χ2n) is 7.29. The smallest absolute Gasteiger partial charge is 0.143 e. The summed E-state index contributed by atoms with van der Waals surface area (Å²) in [7, 11) is 0. The number of hydrogen-bond donors (Lipinski definition) is 1. The van der Waals surface area contributed by atoms with Crippen LogP contribution in [0.1, 0.15) is 67.2 Å². The van der Waals surface area contributed by atoms with Gasteiger partial charge in [-0.1, -0.05) is 66.8 Å². The van der Waals surface area contributed by atoms with Crippen molar-refractivity contribution in [2.24, 2.45) is 0 Å². The summed E-state index contributed by atoms with van der Waals surface area (Å²) in [6, 6.07) is 7.24. The molecule has 1 N–H and O–H groups in total. The Morgan fingerprint density at radius 3 is 1.57 bits per heavy atom. The summed E-state index contributed by atoms with van der Waals surface area (Å²) in [5.41, 5.74) is 0. The summed E-state index contributed by atoms with van der Waals surface area (Å²) in [5.74, 6) is 2.01. The quantitative estimate of drug-likeness (QED) is 0.192. The molecule has 0 spiro atoms. The summed E-state index contributed by atoms with van der Waals surface area (Å²) in [4.78, 5) is 0.748. The van der Waals surface area contributed by atoms with Gasteiger partial charge in [-0.25, -0.2) is 0 Å². The average Bonchev–Trinajstić information content (AvgIpc) is 2.83. The molecule has 4 nitrogen and oxygen atoms in total. The fourth-order valence-electron chi connectivity index (χ4n) is 2.62. The van der Waals surface area contributed by atoms with Crippen molar-refractivity contribution in [3.8, 4) is 23.0 Å². The molecule has 2 aromatic carbocycles. The van der Waals surface area contributed by atoms with Crippen LogP contribution in [0.2, 0.25) is 10.0 Å². The van der Waals surface area contributed by atoms with Crippen LogP contribution in [0, 0.1) is 7.14 Å². The Balaban J connectivity index is 0.000000557. The summed E-state index contributed by atoms with van der Waals surface area (Å²) in [6.45, 7) is 13.5. The second-order valence-corrected chi connectivity index (χ2v) is 11.8. The minimum absolute atomic E-state index is 0.0621. The molecule has 0 saturated heterocycles. The van der Waals surface area contributed by atoms with Crippen molar-refractivity contribution < 1.29 is 19.3 Å². The Kier molecular flexibility index (Phi) is 20.3. The lowest BCUT2D eigenvalue weighted by molar-refractivity contribution is 0.192. The van der Waals surface area contributed by atoms with Gasteiger partial charge in [0.05, 0.1) is 19.3 Å². The number of hydrogen-bond acceptors (Lipinski definition) is 4. The van der Waals surface area contributed by atoms with Gasteiger partial charge in [-0.05, 0) is 109 Å². The van der Waals surface area contributed by atoms with Gasteiger partial charge < -0.3 is 19.3 Å². The van der Waals surface area contributed by atoms with Gasteiger partial charge in [0.25, 0.3) is 0 Å². The molecule has 0 atom stereocenters. The van der Waals surface area contributed by atoms with E-state index in [0.717, 1.165) is 30.6 Å². The lowest BCUT2D eigenvalue weighted by Gasteiger charge is -2.18. The fraction of sp³-hybridized carbons (Fsp3) is 0.538. The van der Waals surface area contributed by atoms with Crippen LogP contribution in [0.3, 0.4) is 0 Å². The Morgan fingerprint density at radius 1 is 0.743 bits per heavy atom. The van der Waals surface area contributed by atoms with E-state index in [-0.39, 0.29) is 16.9 Å². The molecule has 0 unspecified atom stereocenters. The molecule has 35 heavy (non-hydrogen) atoms. The van der Waals surface area contributed by atoms with Crippen LogP contribution in [0.5, 0.6) is 23.0 Å². The lowest BCUT2D eigenvalue weighted by atomic mass is 10.2. The van der Waals surface area contributed by atoms with Crippen molar-refractivity contribution in [1.29, 1.82) is 0 Å². The third-order valence-corrected chi connectivity index (χ3v) is 7.94. The highest BCUT2D eigenvalue weighted by Crippen LogP contribution is 2.37. The van der Waals surface area contributed by atoms with E-state index in [9.17, 15) is 5.11 Å². The van der Waals surface area contributed by atoms with E-state index in [1.165, 1.54) is 12.8 Å². The first-order valence-corrected chi connectivity index (χ1v) is 15.6. The Bertz CT molecular complexity index is 864. The maximum absolute atomic E-state index is 9.29. The van der Waals surface area contributed by atoms with Crippen LogP contribution in [-0.2, 0) is 0 Å². The van der Waals surface area contributed by atoms with E-state index in [1.54, 1.807) is 12.1 Å². The maximum Gasteiger partial charge on any atom is 0.143 e. The first-order valence-electron chi connectivity index (χ1n) is 11.8. The maximum atomic E-state index is 9.29. The fourth-order valence-corrected chi connectivity index (χ4v) is 4.14. The van der Waals surface area contributed by atoms with Gasteiger partial charge in [0.2, 0.25) is 0 Å². The van der Waals surface area contributed by atoms with Crippen LogP contribution in [0.4, 0.5) is 0 Å². The molecule has 0 bridgehead atoms. The van der Waals surface area contributed by atoms with E-state index in [1.807, 2.05) is 26.0 Å². The number of aromatic hydroxyl groups is 1. The molecule has 0 fully saturated rings. The summed E-state index contributed by atoms with van der Waals surface area (Å²) in [5, 5.41) is 10.1. The van der Waals surface area contributed by atoms with Crippen LogP contribution < -0.4 is 14.2 Å². The molecule has 0 aromatic heterocycles. The standard InChI is InChI=1S/C13H18ClIO2.C8H8ClIO2.C5H11Br/c1-4-10(5-2)17-12-8-9(15)7-11(13(12)14)16-6-3;1-2-12-7-4-5(10)3-6(11)8(7)9;1-3-5(6)4-2/h7-8,10H,4-6H2,1-3H3;3-4,11H,2H2,1H3;5H,3-4H2,1-2H3. The third-order valence-electron chi connectivity index (χ3n) is 4.65. The molecule has 0 aliphatic carbocycles. The van der Waals surface area contributed by atoms with Gasteiger partial charge in [-0.2, -0.15) is 0 Å². The van der Waals surface area contributed by atoms with E-state index in [4.69, 9.17) is 37.4 Å².